The molecule has 0 bridgehead atoms. The van der Waals surface area contributed by atoms with Gasteiger partial charge in [0.1, 0.15) is 17.4 Å². The molecule has 0 aliphatic heterocycles. The zero-order chi connectivity index (χ0) is 31.0. The van der Waals surface area contributed by atoms with Crippen molar-refractivity contribution >= 4 is 40.6 Å². The van der Waals surface area contributed by atoms with Crippen molar-refractivity contribution in [3.05, 3.63) is 93.0 Å². The minimum atomic E-state index is -1.62. The molecular weight excluding hydrogens is 581 g/mol. The van der Waals surface area contributed by atoms with Gasteiger partial charge in [0, 0.05) is 33.0 Å². The molecule has 0 unspecified atom stereocenters. The summed E-state index contributed by atoms with van der Waals surface area (Å²) in [5.41, 5.74) is -1.08. The van der Waals surface area contributed by atoms with E-state index in [9.17, 15) is 14.9 Å². The van der Waals surface area contributed by atoms with Crippen LogP contribution in [-0.2, 0) is 10.2 Å². The third kappa shape index (κ3) is 6.02. The lowest BCUT2D eigenvalue weighted by atomic mass is 9.62. The summed E-state index contributed by atoms with van der Waals surface area (Å²) in [5.74, 6) is -4.35. The van der Waals surface area contributed by atoms with Crippen LogP contribution in [0.3, 0.4) is 0 Å². The fourth-order valence-corrected chi connectivity index (χ4v) is 6.65. The average molecular weight is 614 g/mol. The number of hydrogen-bond acceptors (Lipinski definition) is 4. The number of anilines is 1. The SMILES string of the molecule is COc1cc(C(C)=O)ccc1NC(=O)[C@@H]1C[C@@H](CC(C)(C)C)[C@](C#N)(c2ccc(Cl)cc2F)[C@H]1c1ccc(Cl)cc1F. The van der Waals surface area contributed by atoms with E-state index in [0.717, 1.165) is 12.1 Å². The molecule has 1 N–H and O–H groups in total. The predicted molar refractivity (Wildman–Crippen MR) is 160 cm³/mol. The number of halogens is 4. The third-order valence-corrected chi connectivity index (χ3v) is 8.47. The van der Waals surface area contributed by atoms with Crippen LogP contribution in [0.2, 0.25) is 10.0 Å². The number of amides is 1. The molecule has 220 valence electrons. The molecular formula is C33H32Cl2F2N2O3. The standard InChI is InChI=1S/C33H32Cl2F2N2O3/c1-18(40)19-6-11-28(29(12-19)42-5)39-31(41)24-13-20(16-32(2,3)4)33(17-38,25-10-8-22(35)15-27(25)37)30(24)23-9-7-21(34)14-26(23)36/h6-12,14-15,20,24,30H,13,16H2,1-5H3,(H,39,41)/t20-,24+,30-,33+/m0/s1. The van der Waals surface area contributed by atoms with Gasteiger partial charge in [-0.15, -0.1) is 0 Å². The van der Waals surface area contributed by atoms with Gasteiger partial charge in [-0.25, -0.2) is 8.78 Å². The Labute approximate surface area is 254 Å². The van der Waals surface area contributed by atoms with E-state index < -0.39 is 40.7 Å². The molecule has 9 heteroatoms. The lowest BCUT2D eigenvalue weighted by Crippen LogP contribution is -2.39. The number of nitrogens with one attached hydrogen (secondary N) is 1. The summed E-state index contributed by atoms with van der Waals surface area (Å²) in [6.45, 7) is 7.42. The quantitative estimate of drug-likeness (QED) is 0.270. The summed E-state index contributed by atoms with van der Waals surface area (Å²) in [7, 11) is 1.42. The fraction of sp³-hybridized carbons (Fsp3) is 0.364. The third-order valence-electron chi connectivity index (χ3n) is 8.00. The molecule has 1 fully saturated rings. The van der Waals surface area contributed by atoms with E-state index in [0.29, 0.717) is 17.7 Å². The maximum absolute atomic E-state index is 15.8. The number of nitriles is 1. The van der Waals surface area contributed by atoms with Crippen LogP contribution in [0.1, 0.15) is 67.9 Å². The van der Waals surface area contributed by atoms with E-state index in [4.69, 9.17) is 27.9 Å². The molecule has 3 aromatic rings. The Bertz CT molecular complexity index is 1580. The molecule has 1 saturated carbocycles. The number of benzene rings is 3. The van der Waals surface area contributed by atoms with Gasteiger partial charge >= 0.3 is 0 Å². The molecule has 1 amide bonds. The van der Waals surface area contributed by atoms with Crippen molar-refractivity contribution in [1.82, 2.24) is 0 Å². The van der Waals surface area contributed by atoms with E-state index in [2.05, 4.69) is 11.4 Å². The van der Waals surface area contributed by atoms with Gasteiger partial charge in [-0.2, -0.15) is 5.26 Å². The Morgan fingerprint density at radius 2 is 1.69 bits per heavy atom. The summed E-state index contributed by atoms with van der Waals surface area (Å²) >= 11 is 12.2. The van der Waals surface area contributed by atoms with Crippen molar-refractivity contribution in [3.8, 4) is 11.8 Å². The minimum Gasteiger partial charge on any atom is -0.495 e. The number of carbonyl (C=O) groups excluding carboxylic acids is 2. The Balaban J connectivity index is 1.94. The average Bonchev–Trinajstić information content (AvgIpc) is 3.21. The Hall–Kier alpha value is -3.47. The molecule has 4 rings (SSSR count). The first-order valence-corrected chi connectivity index (χ1v) is 14.3. The van der Waals surface area contributed by atoms with E-state index in [1.807, 2.05) is 20.8 Å². The van der Waals surface area contributed by atoms with Crippen LogP contribution in [-0.4, -0.2) is 18.8 Å². The van der Waals surface area contributed by atoms with Crippen molar-refractivity contribution < 1.29 is 23.1 Å². The highest BCUT2D eigenvalue weighted by Gasteiger charge is 2.61. The number of Topliss-reactive ketones (excluding diaryl/α,β-unsaturated/α-hetero) is 1. The largest absolute Gasteiger partial charge is 0.495 e. The summed E-state index contributed by atoms with van der Waals surface area (Å²) in [5, 5.41) is 14.2. The monoisotopic (exact) mass is 612 g/mol. The van der Waals surface area contributed by atoms with Gasteiger partial charge in [-0.05, 0) is 79.1 Å². The number of nitrogens with zero attached hydrogens (tertiary/aromatic N) is 1. The van der Waals surface area contributed by atoms with Crippen LogP contribution in [0.5, 0.6) is 5.75 Å². The summed E-state index contributed by atoms with van der Waals surface area (Å²) < 4.78 is 36.9. The van der Waals surface area contributed by atoms with Crippen LogP contribution < -0.4 is 10.1 Å². The number of ether oxygens (including phenoxy) is 1. The van der Waals surface area contributed by atoms with Crippen molar-refractivity contribution in [2.45, 2.75) is 51.9 Å². The molecule has 0 saturated heterocycles. The second-order valence-corrected chi connectivity index (χ2v) is 12.9. The predicted octanol–water partition coefficient (Wildman–Crippen LogP) is 8.74. The Kier molecular flexibility index (Phi) is 9.01. The van der Waals surface area contributed by atoms with E-state index in [1.165, 1.54) is 44.4 Å². The molecule has 0 radical (unpaired) electrons. The van der Waals surface area contributed by atoms with E-state index in [1.54, 1.807) is 12.1 Å². The normalized spacial score (nSPS) is 22.0. The molecule has 1 aliphatic carbocycles. The number of methoxy groups -OCH3 is 1. The molecule has 1 aliphatic rings. The summed E-state index contributed by atoms with van der Waals surface area (Å²) in [4.78, 5) is 26.0. The first-order chi connectivity index (χ1) is 19.7. The van der Waals surface area contributed by atoms with Crippen LogP contribution in [0.25, 0.3) is 0 Å². The van der Waals surface area contributed by atoms with Gasteiger partial charge in [-0.3, -0.25) is 9.59 Å². The van der Waals surface area contributed by atoms with E-state index in [-0.39, 0.29) is 44.5 Å². The molecule has 0 aromatic heterocycles. The summed E-state index contributed by atoms with van der Waals surface area (Å²) in [6, 6.07) is 15.2. The van der Waals surface area contributed by atoms with Gasteiger partial charge in [0.05, 0.1) is 24.3 Å². The zero-order valence-corrected chi connectivity index (χ0v) is 25.5. The number of ketones is 1. The van der Waals surface area contributed by atoms with Crippen LogP contribution in [0, 0.1) is 40.2 Å². The Morgan fingerprint density at radius 3 is 2.24 bits per heavy atom. The number of carbonyl (C=O) groups is 2. The van der Waals surface area contributed by atoms with E-state index >= 15 is 8.78 Å². The lowest BCUT2D eigenvalue weighted by Gasteiger charge is -2.38. The molecule has 42 heavy (non-hydrogen) atoms. The minimum absolute atomic E-state index is 0.0571. The molecule has 5 nitrogen and oxygen atoms in total. The Morgan fingerprint density at radius 1 is 1.05 bits per heavy atom. The van der Waals surface area contributed by atoms with Crippen LogP contribution in [0.4, 0.5) is 14.5 Å². The number of rotatable bonds is 7. The maximum Gasteiger partial charge on any atom is 0.228 e. The first kappa shape index (κ1) is 31.5. The van der Waals surface area contributed by atoms with Crippen molar-refractivity contribution in [2.24, 2.45) is 17.3 Å². The topological polar surface area (TPSA) is 79.2 Å². The molecule has 0 heterocycles. The van der Waals surface area contributed by atoms with Gasteiger partial charge < -0.3 is 10.1 Å². The highest BCUT2D eigenvalue weighted by Crippen LogP contribution is 2.61. The molecule has 3 aromatic carbocycles. The smallest absolute Gasteiger partial charge is 0.228 e. The van der Waals surface area contributed by atoms with Gasteiger partial charge in [0.2, 0.25) is 5.91 Å². The zero-order valence-electron chi connectivity index (χ0n) is 24.0. The van der Waals surface area contributed by atoms with Crippen LogP contribution >= 0.6 is 23.2 Å². The molecule has 4 atom stereocenters. The highest BCUT2D eigenvalue weighted by molar-refractivity contribution is 6.30. The second kappa shape index (κ2) is 12.0. The number of hydrogen-bond donors (Lipinski definition) is 1. The van der Waals surface area contributed by atoms with Gasteiger partial charge in [0.15, 0.2) is 5.78 Å². The second-order valence-electron chi connectivity index (χ2n) is 12.0. The van der Waals surface area contributed by atoms with Crippen LogP contribution in [0.15, 0.2) is 54.6 Å². The van der Waals surface area contributed by atoms with Crippen molar-refractivity contribution in [2.75, 3.05) is 12.4 Å². The fourth-order valence-electron chi connectivity index (χ4n) is 6.33. The maximum atomic E-state index is 15.8. The first-order valence-electron chi connectivity index (χ1n) is 13.5. The van der Waals surface area contributed by atoms with Gasteiger partial charge in [0.25, 0.3) is 0 Å². The van der Waals surface area contributed by atoms with Crippen molar-refractivity contribution in [1.29, 1.82) is 5.26 Å². The lowest BCUT2D eigenvalue weighted by molar-refractivity contribution is -0.120. The van der Waals surface area contributed by atoms with Gasteiger partial charge in [-0.1, -0.05) is 56.1 Å². The molecule has 0 spiro atoms. The van der Waals surface area contributed by atoms with Crippen molar-refractivity contribution in [3.63, 3.8) is 0 Å². The highest BCUT2D eigenvalue weighted by atomic mass is 35.5. The summed E-state index contributed by atoms with van der Waals surface area (Å²) in [6.07, 6.45) is 0.633.